The number of hydrogen-bond donors (Lipinski definition) is 1. The predicted octanol–water partition coefficient (Wildman–Crippen LogP) is 3.42. The number of nitrogens with zero attached hydrogens (tertiary/aromatic N) is 1. The minimum absolute atomic E-state index is 0.148. The maximum atomic E-state index is 12.0. The van der Waals surface area contributed by atoms with Crippen LogP contribution in [0.5, 0.6) is 0 Å². The van der Waals surface area contributed by atoms with E-state index in [1.807, 2.05) is 12.1 Å². The Morgan fingerprint density at radius 2 is 1.73 bits per heavy atom. The van der Waals surface area contributed by atoms with E-state index in [0.29, 0.717) is 18.0 Å². The van der Waals surface area contributed by atoms with Crippen molar-refractivity contribution >= 4 is 40.8 Å². The van der Waals surface area contributed by atoms with Gasteiger partial charge in [0.25, 0.3) is 11.6 Å². The van der Waals surface area contributed by atoms with E-state index in [-0.39, 0.29) is 10.6 Å². The van der Waals surface area contributed by atoms with Crippen LogP contribution in [0.4, 0.5) is 5.69 Å². The number of nitro groups is 1. The van der Waals surface area contributed by atoms with Gasteiger partial charge >= 0.3 is 5.97 Å². The Morgan fingerprint density at radius 3 is 2.38 bits per heavy atom. The summed E-state index contributed by atoms with van der Waals surface area (Å²) in [6.07, 6.45) is 0.580. The number of esters is 1. The summed E-state index contributed by atoms with van der Waals surface area (Å²) in [4.78, 5) is 33.9. The number of rotatable bonds is 7. The average molecular weight is 397 g/mol. The van der Waals surface area contributed by atoms with Gasteiger partial charge in [0.2, 0.25) is 0 Å². The first-order chi connectivity index (χ1) is 12.4. The van der Waals surface area contributed by atoms with E-state index in [9.17, 15) is 19.7 Å². The summed E-state index contributed by atoms with van der Waals surface area (Å²) in [5.74, 6) is -1.51. The van der Waals surface area contributed by atoms with Crippen molar-refractivity contribution in [2.45, 2.75) is 6.42 Å². The molecule has 0 fully saturated rings. The predicted molar refractivity (Wildman–Crippen MR) is 96.6 cm³/mol. The van der Waals surface area contributed by atoms with Crippen molar-refractivity contribution < 1.29 is 19.2 Å². The summed E-state index contributed by atoms with van der Waals surface area (Å²) >= 11 is 11.5. The highest BCUT2D eigenvalue weighted by atomic mass is 35.5. The van der Waals surface area contributed by atoms with E-state index < -0.39 is 29.1 Å². The second kappa shape index (κ2) is 9.17. The van der Waals surface area contributed by atoms with E-state index in [2.05, 4.69) is 5.32 Å². The zero-order chi connectivity index (χ0) is 19.1. The van der Waals surface area contributed by atoms with Gasteiger partial charge in [0.05, 0.1) is 4.92 Å². The van der Waals surface area contributed by atoms with Crippen molar-refractivity contribution in [1.29, 1.82) is 0 Å². The molecule has 0 aliphatic carbocycles. The van der Waals surface area contributed by atoms with Crippen LogP contribution in [0.2, 0.25) is 10.0 Å². The molecular weight excluding hydrogens is 383 g/mol. The molecule has 136 valence electrons. The zero-order valence-corrected chi connectivity index (χ0v) is 14.9. The number of nitro benzene ring substituents is 1. The van der Waals surface area contributed by atoms with Crippen molar-refractivity contribution in [3.63, 3.8) is 0 Å². The third-order valence-corrected chi connectivity index (χ3v) is 3.85. The number of amides is 1. The van der Waals surface area contributed by atoms with Gasteiger partial charge in [0.1, 0.15) is 5.56 Å². The van der Waals surface area contributed by atoms with Crippen LogP contribution < -0.4 is 5.32 Å². The highest BCUT2D eigenvalue weighted by molar-refractivity contribution is 6.31. The fraction of sp³-hybridized carbons (Fsp3) is 0.176. The van der Waals surface area contributed by atoms with Gasteiger partial charge in [0, 0.05) is 22.7 Å². The summed E-state index contributed by atoms with van der Waals surface area (Å²) in [6.45, 7) is -0.210. The van der Waals surface area contributed by atoms with Crippen LogP contribution >= 0.6 is 23.2 Å². The molecule has 0 saturated heterocycles. The van der Waals surface area contributed by atoms with Gasteiger partial charge in [-0.15, -0.1) is 0 Å². The largest absolute Gasteiger partial charge is 0.452 e. The lowest BCUT2D eigenvalue weighted by Gasteiger charge is -2.07. The Hall–Kier alpha value is -2.64. The smallest absolute Gasteiger partial charge is 0.345 e. The number of benzene rings is 2. The zero-order valence-electron chi connectivity index (χ0n) is 13.4. The van der Waals surface area contributed by atoms with Gasteiger partial charge in [-0.05, 0) is 36.2 Å². The Kier molecular flexibility index (Phi) is 6.94. The second-order valence-electron chi connectivity index (χ2n) is 5.22. The maximum absolute atomic E-state index is 12.0. The van der Waals surface area contributed by atoms with Gasteiger partial charge in [0.15, 0.2) is 6.61 Å². The van der Waals surface area contributed by atoms with Crippen molar-refractivity contribution in [2.24, 2.45) is 0 Å². The average Bonchev–Trinajstić information content (AvgIpc) is 2.61. The molecule has 1 N–H and O–H groups in total. The van der Waals surface area contributed by atoms with Crippen LogP contribution in [-0.2, 0) is 16.0 Å². The van der Waals surface area contributed by atoms with Crippen molar-refractivity contribution in [1.82, 2.24) is 5.32 Å². The van der Waals surface area contributed by atoms with E-state index in [0.717, 1.165) is 17.7 Å². The normalized spacial score (nSPS) is 10.2. The van der Waals surface area contributed by atoms with Gasteiger partial charge in [-0.25, -0.2) is 4.79 Å². The fourth-order valence-corrected chi connectivity index (χ4v) is 2.39. The van der Waals surface area contributed by atoms with Crippen molar-refractivity contribution in [2.75, 3.05) is 13.2 Å². The number of hydrogen-bond acceptors (Lipinski definition) is 5. The third-order valence-electron chi connectivity index (χ3n) is 3.36. The van der Waals surface area contributed by atoms with Gasteiger partial charge < -0.3 is 10.1 Å². The van der Waals surface area contributed by atoms with E-state index in [1.165, 1.54) is 6.07 Å². The number of carbonyl (C=O) groups is 2. The van der Waals surface area contributed by atoms with E-state index in [4.69, 9.17) is 27.9 Å². The van der Waals surface area contributed by atoms with Gasteiger partial charge in [-0.3, -0.25) is 14.9 Å². The molecular formula is C17H14Cl2N2O5. The van der Waals surface area contributed by atoms with E-state index in [1.54, 1.807) is 12.1 Å². The molecule has 2 aromatic rings. The molecule has 9 heteroatoms. The molecule has 2 rings (SSSR count). The summed E-state index contributed by atoms with van der Waals surface area (Å²) < 4.78 is 4.82. The monoisotopic (exact) mass is 396 g/mol. The minimum atomic E-state index is -0.993. The molecule has 0 aromatic heterocycles. The lowest BCUT2D eigenvalue weighted by Crippen LogP contribution is -2.30. The van der Waals surface area contributed by atoms with E-state index >= 15 is 0 Å². The topological polar surface area (TPSA) is 98.5 Å². The summed E-state index contributed by atoms with van der Waals surface area (Å²) in [5, 5.41) is 14.3. The number of carbonyl (C=O) groups excluding carboxylic acids is 2. The highest BCUT2D eigenvalue weighted by Crippen LogP contribution is 2.23. The minimum Gasteiger partial charge on any atom is -0.452 e. The molecule has 0 spiro atoms. The lowest BCUT2D eigenvalue weighted by atomic mass is 10.1. The maximum Gasteiger partial charge on any atom is 0.345 e. The van der Waals surface area contributed by atoms with Crippen LogP contribution in [-0.4, -0.2) is 30.0 Å². The summed E-state index contributed by atoms with van der Waals surface area (Å²) in [7, 11) is 0. The van der Waals surface area contributed by atoms with Crippen LogP contribution in [0, 0.1) is 10.1 Å². The Bertz CT molecular complexity index is 824. The van der Waals surface area contributed by atoms with Gasteiger partial charge in [-0.2, -0.15) is 0 Å². The van der Waals surface area contributed by atoms with Crippen molar-refractivity contribution in [3.05, 3.63) is 73.8 Å². The van der Waals surface area contributed by atoms with Crippen LogP contribution in [0.1, 0.15) is 15.9 Å². The lowest BCUT2D eigenvalue weighted by molar-refractivity contribution is -0.385. The second-order valence-corrected chi connectivity index (χ2v) is 6.09. The van der Waals surface area contributed by atoms with Gasteiger partial charge in [-0.1, -0.05) is 35.3 Å². The number of nitrogens with one attached hydrogen (secondary N) is 1. The molecule has 0 aliphatic rings. The molecule has 0 saturated carbocycles. The van der Waals surface area contributed by atoms with Crippen LogP contribution in [0.3, 0.4) is 0 Å². The van der Waals surface area contributed by atoms with Crippen molar-refractivity contribution in [3.8, 4) is 0 Å². The molecule has 2 aromatic carbocycles. The Labute approximate surface area is 159 Å². The Balaban J connectivity index is 1.83. The molecule has 0 unspecified atom stereocenters. The van der Waals surface area contributed by atoms with Crippen LogP contribution in [0.15, 0.2) is 42.5 Å². The Morgan fingerprint density at radius 1 is 1.08 bits per heavy atom. The molecule has 0 aliphatic heterocycles. The SMILES string of the molecule is O=C(COC(=O)c1cc(Cl)ccc1[N+](=O)[O-])NCCc1ccc(Cl)cc1. The molecule has 0 radical (unpaired) electrons. The molecule has 0 heterocycles. The molecule has 7 nitrogen and oxygen atoms in total. The first-order valence-electron chi connectivity index (χ1n) is 7.49. The molecule has 1 amide bonds. The molecule has 0 atom stereocenters. The standard InChI is InChI=1S/C17H14Cl2N2O5/c18-12-3-1-11(2-4-12)7-8-20-16(22)10-26-17(23)14-9-13(19)5-6-15(14)21(24)25/h1-6,9H,7-8,10H2,(H,20,22). The van der Waals surface area contributed by atoms with Crippen LogP contribution in [0.25, 0.3) is 0 Å². The summed E-state index contributed by atoms with van der Waals surface area (Å²) in [6, 6.07) is 10.7. The summed E-state index contributed by atoms with van der Waals surface area (Å²) in [5.41, 5.74) is 0.236. The third kappa shape index (κ3) is 5.72. The quantitative estimate of drug-likeness (QED) is 0.439. The first-order valence-corrected chi connectivity index (χ1v) is 8.24. The molecule has 26 heavy (non-hydrogen) atoms. The number of ether oxygens (including phenoxy) is 1. The fourth-order valence-electron chi connectivity index (χ4n) is 2.09. The molecule has 0 bridgehead atoms. The number of halogens is 2. The first kappa shape index (κ1) is 19.7. The highest BCUT2D eigenvalue weighted by Gasteiger charge is 2.22.